The van der Waals surface area contributed by atoms with E-state index in [2.05, 4.69) is 16.2 Å². The van der Waals surface area contributed by atoms with Crippen molar-refractivity contribution in [1.29, 1.82) is 0 Å². The van der Waals surface area contributed by atoms with Gasteiger partial charge in [0, 0.05) is 20.5 Å². The largest absolute Gasteiger partial charge is 0.465 e. The topological polar surface area (TPSA) is 99.8 Å². The fraction of sp³-hybridized carbons (Fsp3) is 0.500. The van der Waals surface area contributed by atoms with Crippen molar-refractivity contribution in [1.82, 2.24) is 15.8 Å². The Hall–Kier alpha value is -2.20. The number of hydrogen-bond donors (Lipinski definition) is 3. The molecule has 2 amide bonds. The molecule has 1 rings (SSSR count). The maximum absolute atomic E-state index is 12.3. The van der Waals surface area contributed by atoms with Gasteiger partial charge in [-0.05, 0) is 31.1 Å². The number of hydrazine groups is 1. The average Bonchev–Trinajstić information content (AvgIpc) is 2.92. The monoisotopic (exact) mass is 400 g/mol. The number of methoxy groups -OCH3 is 1. The quantitative estimate of drug-likeness (QED) is 0.382. The van der Waals surface area contributed by atoms with E-state index in [1.54, 1.807) is 21.0 Å². The summed E-state index contributed by atoms with van der Waals surface area (Å²) in [4.78, 5) is 37.9. The minimum Gasteiger partial charge on any atom is -0.465 e. The molecule has 1 aromatic rings. The molecule has 0 unspecified atom stereocenters. The van der Waals surface area contributed by atoms with E-state index in [4.69, 9.17) is 17.0 Å². The number of anilines is 1. The fourth-order valence-corrected chi connectivity index (χ4v) is 3.46. The number of esters is 1. The SMILES string of the molecule is CCCCC(=O)NNC(=S)Nc1sc(C(=O)N(C)C)c(C)c1C(=O)OC. The molecule has 0 saturated carbocycles. The third kappa shape index (κ3) is 5.67. The zero-order chi connectivity index (χ0) is 19.9. The van der Waals surface area contributed by atoms with E-state index >= 15 is 0 Å². The van der Waals surface area contributed by atoms with Gasteiger partial charge in [-0.15, -0.1) is 11.3 Å². The van der Waals surface area contributed by atoms with Crippen molar-refractivity contribution in [3.63, 3.8) is 0 Å². The van der Waals surface area contributed by atoms with Crippen molar-refractivity contribution >= 4 is 51.5 Å². The third-order valence-corrected chi connectivity index (χ3v) is 4.84. The van der Waals surface area contributed by atoms with E-state index in [1.807, 2.05) is 6.92 Å². The summed E-state index contributed by atoms with van der Waals surface area (Å²) in [6, 6.07) is 0. The molecule has 10 heteroatoms. The lowest BCUT2D eigenvalue weighted by atomic mass is 10.1. The number of thiophene rings is 1. The second-order valence-electron chi connectivity index (χ2n) is 5.68. The first-order valence-corrected chi connectivity index (χ1v) is 9.24. The van der Waals surface area contributed by atoms with Gasteiger partial charge in [-0.25, -0.2) is 4.79 Å². The number of carbonyl (C=O) groups excluding carboxylic acids is 3. The van der Waals surface area contributed by atoms with Crippen LogP contribution in [0.5, 0.6) is 0 Å². The number of amides is 2. The molecule has 3 N–H and O–H groups in total. The Balaban J connectivity index is 2.95. The predicted molar refractivity (Wildman–Crippen MR) is 105 cm³/mol. The molecule has 0 fully saturated rings. The molecule has 0 aliphatic heterocycles. The van der Waals surface area contributed by atoms with Gasteiger partial charge in [-0.1, -0.05) is 13.3 Å². The Labute approximate surface area is 162 Å². The first-order chi connectivity index (χ1) is 12.2. The fourth-order valence-electron chi connectivity index (χ4n) is 2.02. The Kier molecular flexibility index (Phi) is 8.46. The van der Waals surface area contributed by atoms with Crippen LogP contribution in [0.2, 0.25) is 0 Å². The Morgan fingerprint density at radius 3 is 2.42 bits per heavy atom. The van der Waals surface area contributed by atoms with Gasteiger partial charge in [0.05, 0.1) is 17.6 Å². The van der Waals surface area contributed by atoms with Crippen molar-refractivity contribution in [2.75, 3.05) is 26.5 Å². The van der Waals surface area contributed by atoms with E-state index in [0.29, 0.717) is 21.9 Å². The van der Waals surface area contributed by atoms with Crippen LogP contribution < -0.4 is 16.2 Å². The zero-order valence-electron chi connectivity index (χ0n) is 15.5. The highest BCUT2D eigenvalue weighted by molar-refractivity contribution is 7.80. The lowest BCUT2D eigenvalue weighted by molar-refractivity contribution is -0.121. The zero-order valence-corrected chi connectivity index (χ0v) is 17.2. The van der Waals surface area contributed by atoms with Crippen molar-refractivity contribution in [3.05, 3.63) is 16.0 Å². The summed E-state index contributed by atoms with van der Waals surface area (Å²) in [6.07, 6.45) is 2.08. The summed E-state index contributed by atoms with van der Waals surface area (Å²) in [5, 5.41) is 3.32. The van der Waals surface area contributed by atoms with Crippen LogP contribution in [0.3, 0.4) is 0 Å². The van der Waals surface area contributed by atoms with E-state index in [0.717, 1.165) is 24.2 Å². The summed E-state index contributed by atoms with van der Waals surface area (Å²) in [5.74, 6) is -0.985. The van der Waals surface area contributed by atoms with Crippen molar-refractivity contribution in [2.45, 2.75) is 33.1 Å². The molecule has 0 radical (unpaired) electrons. The van der Waals surface area contributed by atoms with Crippen LogP contribution in [-0.2, 0) is 9.53 Å². The smallest absolute Gasteiger partial charge is 0.341 e. The molecular formula is C16H24N4O4S2. The van der Waals surface area contributed by atoms with Gasteiger partial charge in [-0.3, -0.25) is 20.4 Å². The standard InChI is InChI=1S/C16H24N4O4S2/c1-6-7-8-10(21)18-19-16(25)17-13-11(15(23)24-5)9(2)12(26-13)14(22)20(3)4/h6-8H2,1-5H3,(H,18,21)(H2,17,19,25). The van der Waals surface area contributed by atoms with Gasteiger partial charge in [0.15, 0.2) is 5.11 Å². The van der Waals surface area contributed by atoms with E-state index in [1.165, 1.54) is 12.0 Å². The molecule has 0 saturated heterocycles. The van der Waals surface area contributed by atoms with Crippen molar-refractivity contribution < 1.29 is 19.1 Å². The average molecular weight is 401 g/mol. The molecule has 0 atom stereocenters. The van der Waals surface area contributed by atoms with Crippen LogP contribution in [0, 0.1) is 6.92 Å². The van der Waals surface area contributed by atoms with E-state index in [9.17, 15) is 14.4 Å². The molecule has 0 aromatic carbocycles. The first kappa shape index (κ1) is 21.8. The van der Waals surface area contributed by atoms with Gasteiger partial charge >= 0.3 is 5.97 Å². The molecular weight excluding hydrogens is 376 g/mol. The van der Waals surface area contributed by atoms with Crippen LogP contribution in [-0.4, -0.2) is 49.0 Å². The van der Waals surface area contributed by atoms with Crippen LogP contribution >= 0.6 is 23.6 Å². The first-order valence-electron chi connectivity index (χ1n) is 8.02. The molecule has 8 nitrogen and oxygen atoms in total. The summed E-state index contributed by atoms with van der Waals surface area (Å²) in [6.45, 7) is 3.67. The molecule has 0 aliphatic rings. The Morgan fingerprint density at radius 1 is 1.23 bits per heavy atom. The van der Waals surface area contributed by atoms with Crippen molar-refractivity contribution in [3.8, 4) is 0 Å². The lowest BCUT2D eigenvalue weighted by Gasteiger charge is -2.11. The van der Waals surface area contributed by atoms with Crippen LogP contribution in [0.15, 0.2) is 0 Å². The van der Waals surface area contributed by atoms with E-state index in [-0.39, 0.29) is 22.5 Å². The van der Waals surface area contributed by atoms with Crippen LogP contribution in [0.1, 0.15) is 51.8 Å². The number of nitrogens with one attached hydrogen (secondary N) is 3. The number of carbonyl (C=O) groups is 3. The highest BCUT2D eigenvalue weighted by Crippen LogP contribution is 2.34. The minimum atomic E-state index is -0.575. The predicted octanol–water partition coefficient (Wildman–Crippen LogP) is 2.05. The summed E-state index contributed by atoms with van der Waals surface area (Å²) < 4.78 is 4.80. The van der Waals surface area contributed by atoms with Crippen LogP contribution in [0.25, 0.3) is 0 Å². The second-order valence-corrected chi connectivity index (χ2v) is 7.11. The highest BCUT2D eigenvalue weighted by Gasteiger charge is 2.26. The normalized spacial score (nSPS) is 10.0. The van der Waals surface area contributed by atoms with Gasteiger partial charge in [-0.2, -0.15) is 0 Å². The van der Waals surface area contributed by atoms with Gasteiger partial charge in [0.1, 0.15) is 5.00 Å². The Bertz CT molecular complexity index is 701. The van der Waals surface area contributed by atoms with E-state index < -0.39 is 5.97 Å². The molecule has 1 aromatic heterocycles. The number of hydrogen-bond acceptors (Lipinski definition) is 6. The Morgan fingerprint density at radius 2 is 1.88 bits per heavy atom. The molecule has 1 heterocycles. The summed E-state index contributed by atoms with van der Waals surface area (Å²) in [5.41, 5.74) is 5.82. The van der Waals surface area contributed by atoms with Gasteiger partial charge in [0.25, 0.3) is 5.91 Å². The molecule has 0 bridgehead atoms. The minimum absolute atomic E-state index is 0.102. The molecule has 26 heavy (non-hydrogen) atoms. The van der Waals surface area contributed by atoms with Gasteiger partial charge < -0.3 is 15.0 Å². The maximum atomic E-state index is 12.3. The second kappa shape index (κ2) is 10.1. The van der Waals surface area contributed by atoms with Crippen LogP contribution in [0.4, 0.5) is 5.00 Å². The lowest BCUT2D eigenvalue weighted by Crippen LogP contribution is -2.43. The molecule has 0 spiro atoms. The maximum Gasteiger partial charge on any atom is 0.341 e. The summed E-state index contributed by atoms with van der Waals surface area (Å²) in [7, 11) is 4.52. The molecule has 144 valence electrons. The number of rotatable bonds is 6. The van der Waals surface area contributed by atoms with Crippen molar-refractivity contribution in [2.24, 2.45) is 0 Å². The van der Waals surface area contributed by atoms with Gasteiger partial charge in [0.2, 0.25) is 5.91 Å². The number of unbranched alkanes of at least 4 members (excludes halogenated alkanes) is 1. The number of thiocarbonyl (C=S) groups is 1. The third-order valence-electron chi connectivity index (χ3n) is 3.44. The highest BCUT2D eigenvalue weighted by atomic mass is 32.1. The number of ether oxygens (including phenoxy) is 1. The number of nitrogens with zero attached hydrogens (tertiary/aromatic N) is 1. The summed E-state index contributed by atoms with van der Waals surface area (Å²) >= 11 is 6.24. The molecule has 0 aliphatic carbocycles.